The summed E-state index contributed by atoms with van der Waals surface area (Å²) in [4.78, 5) is 26.2. The lowest BCUT2D eigenvalue weighted by atomic mass is 9.81. The van der Waals surface area contributed by atoms with Gasteiger partial charge in [0.2, 0.25) is 5.91 Å². The maximum Gasteiger partial charge on any atom is 0.307 e. The Kier molecular flexibility index (Phi) is 4.21. The molecule has 2 aliphatic carbocycles. The molecule has 0 aromatic carbocycles. The highest BCUT2D eigenvalue weighted by Gasteiger charge is 2.52. The Morgan fingerprint density at radius 2 is 1.70 bits per heavy atom. The van der Waals surface area contributed by atoms with Crippen molar-refractivity contribution in [3.05, 3.63) is 12.2 Å². The van der Waals surface area contributed by atoms with Crippen molar-refractivity contribution >= 4 is 11.9 Å². The first-order valence-corrected chi connectivity index (χ1v) is 7.54. The molecule has 20 heavy (non-hydrogen) atoms. The van der Waals surface area contributed by atoms with Crippen molar-refractivity contribution in [3.63, 3.8) is 0 Å². The molecular weight excluding hydrogens is 254 g/mol. The molecule has 0 aliphatic heterocycles. The number of aliphatic carboxylic acids is 1. The van der Waals surface area contributed by atoms with Crippen LogP contribution in [0.3, 0.4) is 0 Å². The summed E-state index contributed by atoms with van der Waals surface area (Å²) < 4.78 is 0. The van der Waals surface area contributed by atoms with E-state index in [9.17, 15) is 14.7 Å². The third kappa shape index (κ3) is 2.60. The van der Waals surface area contributed by atoms with Gasteiger partial charge < -0.3 is 10.0 Å². The highest BCUT2D eigenvalue weighted by molar-refractivity contribution is 5.87. The molecule has 0 aromatic heterocycles. The lowest BCUT2D eigenvalue weighted by Gasteiger charge is -2.34. The number of carboxylic acid groups (broad SMARTS) is 1. The molecule has 0 aromatic rings. The first kappa shape index (κ1) is 15.1. The number of allylic oxidation sites excluding steroid dienone is 2. The second-order valence-corrected chi connectivity index (χ2v) is 6.82. The molecule has 112 valence electrons. The topological polar surface area (TPSA) is 57.6 Å². The molecule has 1 saturated carbocycles. The largest absolute Gasteiger partial charge is 0.481 e. The van der Waals surface area contributed by atoms with Crippen LogP contribution in [-0.4, -0.2) is 34.5 Å². The fourth-order valence-electron chi connectivity index (χ4n) is 3.64. The average Bonchev–Trinajstić information content (AvgIpc) is 2.94. The molecule has 0 spiro atoms. The van der Waals surface area contributed by atoms with Crippen LogP contribution in [0.25, 0.3) is 0 Å². The van der Waals surface area contributed by atoms with Crippen LogP contribution in [-0.2, 0) is 9.59 Å². The molecule has 4 heteroatoms. The van der Waals surface area contributed by atoms with Crippen LogP contribution in [0, 0.1) is 29.6 Å². The molecule has 2 bridgehead atoms. The van der Waals surface area contributed by atoms with Gasteiger partial charge >= 0.3 is 5.97 Å². The van der Waals surface area contributed by atoms with Crippen molar-refractivity contribution in [2.24, 2.45) is 29.6 Å². The van der Waals surface area contributed by atoms with Crippen molar-refractivity contribution in [2.45, 2.75) is 40.2 Å². The summed E-state index contributed by atoms with van der Waals surface area (Å²) in [6.07, 6.45) is 4.84. The van der Waals surface area contributed by atoms with Crippen molar-refractivity contribution in [2.75, 3.05) is 6.54 Å². The summed E-state index contributed by atoms with van der Waals surface area (Å²) in [6.45, 7) is 8.86. The van der Waals surface area contributed by atoms with Crippen molar-refractivity contribution in [3.8, 4) is 0 Å². The number of hydrogen-bond acceptors (Lipinski definition) is 2. The predicted molar refractivity (Wildman–Crippen MR) is 77.0 cm³/mol. The Morgan fingerprint density at radius 1 is 1.15 bits per heavy atom. The monoisotopic (exact) mass is 279 g/mol. The summed E-state index contributed by atoms with van der Waals surface area (Å²) >= 11 is 0. The minimum atomic E-state index is -0.826. The zero-order chi connectivity index (χ0) is 15.0. The molecule has 1 fully saturated rings. The van der Waals surface area contributed by atoms with E-state index in [2.05, 4.69) is 13.8 Å². The minimum Gasteiger partial charge on any atom is -0.481 e. The zero-order valence-electron chi connectivity index (χ0n) is 12.7. The third-order valence-corrected chi connectivity index (χ3v) is 4.50. The minimum absolute atomic E-state index is 0.0259. The Balaban J connectivity index is 2.22. The molecule has 4 nitrogen and oxygen atoms in total. The van der Waals surface area contributed by atoms with E-state index in [1.807, 2.05) is 30.9 Å². The van der Waals surface area contributed by atoms with Gasteiger partial charge in [-0.05, 0) is 38.0 Å². The van der Waals surface area contributed by atoms with E-state index in [-0.39, 0.29) is 29.7 Å². The molecule has 4 atom stereocenters. The van der Waals surface area contributed by atoms with Crippen molar-refractivity contribution in [1.29, 1.82) is 0 Å². The Bertz CT molecular complexity index is 427. The van der Waals surface area contributed by atoms with Gasteiger partial charge in [-0.2, -0.15) is 0 Å². The normalized spacial score (nSPS) is 31.3. The van der Waals surface area contributed by atoms with E-state index in [0.29, 0.717) is 12.5 Å². The van der Waals surface area contributed by atoms with E-state index in [0.717, 1.165) is 6.42 Å². The quantitative estimate of drug-likeness (QED) is 0.786. The Labute approximate surface area is 120 Å². The fraction of sp³-hybridized carbons (Fsp3) is 0.750. The molecule has 2 rings (SSSR count). The molecule has 2 aliphatic rings. The second kappa shape index (κ2) is 5.58. The highest BCUT2D eigenvalue weighted by atomic mass is 16.4. The number of rotatable bonds is 5. The van der Waals surface area contributed by atoms with Gasteiger partial charge in [-0.3, -0.25) is 9.59 Å². The van der Waals surface area contributed by atoms with Crippen LogP contribution in [0.15, 0.2) is 12.2 Å². The van der Waals surface area contributed by atoms with Crippen LogP contribution in [0.5, 0.6) is 0 Å². The summed E-state index contributed by atoms with van der Waals surface area (Å²) in [5.41, 5.74) is 0. The number of fused-ring (bicyclic) bond motifs is 2. The highest BCUT2D eigenvalue weighted by Crippen LogP contribution is 2.48. The lowest BCUT2D eigenvalue weighted by molar-refractivity contribution is -0.152. The molecular formula is C16H25NO3. The zero-order valence-corrected chi connectivity index (χ0v) is 12.7. The van der Waals surface area contributed by atoms with Gasteiger partial charge in [0, 0.05) is 12.6 Å². The Morgan fingerprint density at radius 3 is 2.15 bits per heavy atom. The molecule has 4 unspecified atom stereocenters. The number of carboxylic acids is 1. The van der Waals surface area contributed by atoms with E-state index >= 15 is 0 Å². The van der Waals surface area contributed by atoms with Gasteiger partial charge in [0.25, 0.3) is 0 Å². The van der Waals surface area contributed by atoms with E-state index < -0.39 is 11.9 Å². The number of hydrogen-bond donors (Lipinski definition) is 1. The first-order valence-electron chi connectivity index (χ1n) is 7.54. The van der Waals surface area contributed by atoms with E-state index in [4.69, 9.17) is 0 Å². The maximum atomic E-state index is 12.9. The van der Waals surface area contributed by atoms with E-state index in [1.165, 1.54) is 0 Å². The average molecular weight is 279 g/mol. The van der Waals surface area contributed by atoms with Crippen molar-refractivity contribution < 1.29 is 14.7 Å². The number of nitrogens with zero attached hydrogens (tertiary/aromatic N) is 1. The summed E-state index contributed by atoms with van der Waals surface area (Å²) in [5.74, 6) is -1.17. The van der Waals surface area contributed by atoms with Gasteiger partial charge in [0.1, 0.15) is 0 Å². The molecule has 1 amide bonds. The number of carbonyl (C=O) groups is 2. The van der Waals surface area contributed by atoms with Crippen LogP contribution in [0.1, 0.15) is 34.1 Å². The standard InChI is InChI=1S/C16H25NO3/c1-9(2)8-17(10(3)4)15(18)13-11-5-6-12(7-11)14(13)16(19)20/h5-6,9-14H,7-8H2,1-4H3,(H,19,20). The fourth-order valence-corrected chi connectivity index (χ4v) is 3.64. The van der Waals surface area contributed by atoms with Gasteiger partial charge in [-0.15, -0.1) is 0 Å². The van der Waals surface area contributed by atoms with Gasteiger partial charge in [0.15, 0.2) is 0 Å². The second-order valence-electron chi connectivity index (χ2n) is 6.82. The molecule has 0 saturated heterocycles. The SMILES string of the molecule is CC(C)CN(C(=O)C1C2C=CC(C2)C1C(=O)O)C(C)C. The summed E-state index contributed by atoms with van der Waals surface area (Å²) in [7, 11) is 0. The van der Waals surface area contributed by atoms with E-state index in [1.54, 1.807) is 0 Å². The maximum absolute atomic E-state index is 12.9. The summed E-state index contributed by atoms with van der Waals surface area (Å²) in [5, 5.41) is 9.45. The first-order chi connectivity index (χ1) is 9.32. The number of carbonyl (C=O) groups excluding carboxylic acids is 1. The molecule has 0 heterocycles. The van der Waals surface area contributed by atoms with Gasteiger partial charge in [0.05, 0.1) is 11.8 Å². The Hall–Kier alpha value is -1.32. The van der Waals surface area contributed by atoms with Crippen LogP contribution in [0.4, 0.5) is 0 Å². The van der Waals surface area contributed by atoms with Crippen LogP contribution in [0.2, 0.25) is 0 Å². The number of amides is 1. The van der Waals surface area contributed by atoms with Gasteiger partial charge in [-0.1, -0.05) is 26.0 Å². The van der Waals surface area contributed by atoms with Crippen LogP contribution < -0.4 is 0 Å². The molecule has 1 N–H and O–H groups in total. The smallest absolute Gasteiger partial charge is 0.307 e. The lowest BCUT2D eigenvalue weighted by Crippen LogP contribution is -2.47. The van der Waals surface area contributed by atoms with Gasteiger partial charge in [-0.25, -0.2) is 0 Å². The summed E-state index contributed by atoms with van der Waals surface area (Å²) in [6, 6.07) is 0.113. The van der Waals surface area contributed by atoms with Crippen molar-refractivity contribution in [1.82, 2.24) is 4.90 Å². The van der Waals surface area contributed by atoms with Crippen LogP contribution >= 0.6 is 0 Å². The molecule has 0 radical (unpaired) electrons. The predicted octanol–water partition coefficient (Wildman–Crippen LogP) is 2.40. The third-order valence-electron chi connectivity index (χ3n) is 4.50.